The Bertz CT molecular complexity index is 799. The van der Waals surface area contributed by atoms with Crippen LogP contribution in [0.5, 0.6) is 5.75 Å². The molecule has 2 aromatic rings. The first-order chi connectivity index (χ1) is 13.1. The lowest BCUT2D eigenvalue weighted by Gasteiger charge is -2.35. The standard InChI is InChI=1S/C20H24N4O3/c1-3-27-18-6-4-17(5-7-18)22-20(26)16-8-9-21-19(14-16)24-12-10-23(11-13-24)15(2)25/h4-9,14H,3,10-13H2,1-2H3,(H,22,26). The van der Waals surface area contributed by atoms with Crippen LogP contribution < -0.4 is 15.0 Å². The molecule has 142 valence electrons. The summed E-state index contributed by atoms with van der Waals surface area (Å²) in [5, 5.41) is 2.89. The number of pyridine rings is 1. The van der Waals surface area contributed by atoms with E-state index in [2.05, 4.69) is 15.2 Å². The lowest BCUT2D eigenvalue weighted by atomic mass is 10.2. The summed E-state index contributed by atoms with van der Waals surface area (Å²) in [5.74, 6) is 1.42. The van der Waals surface area contributed by atoms with Crippen LogP contribution in [-0.4, -0.2) is 54.5 Å². The van der Waals surface area contributed by atoms with E-state index in [9.17, 15) is 9.59 Å². The number of carbonyl (C=O) groups excluding carboxylic acids is 2. The maximum absolute atomic E-state index is 12.6. The van der Waals surface area contributed by atoms with Gasteiger partial charge in [-0.1, -0.05) is 0 Å². The molecule has 0 bridgehead atoms. The van der Waals surface area contributed by atoms with Gasteiger partial charge in [-0.15, -0.1) is 0 Å². The molecule has 0 unspecified atom stereocenters. The van der Waals surface area contributed by atoms with Crippen molar-refractivity contribution in [2.45, 2.75) is 13.8 Å². The summed E-state index contributed by atoms with van der Waals surface area (Å²) >= 11 is 0. The molecule has 1 fully saturated rings. The molecule has 27 heavy (non-hydrogen) atoms. The van der Waals surface area contributed by atoms with Crippen LogP contribution in [0.4, 0.5) is 11.5 Å². The van der Waals surface area contributed by atoms with Crippen molar-refractivity contribution >= 4 is 23.3 Å². The summed E-state index contributed by atoms with van der Waals surface area (Å²) in [6.07, 6.45) is 1.64. The van der Waals surface area contributed by atoms with Gasteiger partial charge in [-0.2, -0.15) is 0 Å². The molecule has 0 atom stereocenters. The lowest BCUT2D eigenvalue weighted by molar-refractivity contribution is -0.129. The maximum Gasteiger partial charge on any atom is 0.255 e. The van der Waals surface area contributed by atoms with Crippen molar-refractivity contribution in [3.63, 3.8) is 0 Å². The Morgan fingerprint density at radius 1 is 1.11 bits per heavy atom. The molecule has 1 saturated heterocycles. The van der Waals surface area contributed by atoms with Gasteiger partial charge in [0.1, 0.15) is 11.6 Å². The first kappa shape index (κ1) is 18.7. The first-order valence-corrected chi connectivity index (χ1v) is 9.07. The number of hydrogen-bond donors (Lipinski definition) is 1. The van der Waals surface area contributed by atoms with Crippen LogP contribution >= 0.6 is 0 Å². The van der Waals surface area contributed by atoms with Crippen molar-refractivity contribution in [3.05, 3.63) is 48.2 Å². The predicted molar refractivity (Wildman–Crippen MR) is 104 cm³/mol. The lowest BCUT2D eigenvalue weighted by Crippen LogP contribution is -2.48. The second-order valence-corrected chi connectivity index (χ2v) is 6.31. The molecular formula is C20H24N4O3. The average Bonchev–Trinajstić information content (AvgIpc) is 2.70. The highest BCUT2D eigenvalue weighted by Gasteiger charge is 2.20. The normalized spacial score (nSPS) is 14.0. The fourth-order valence-corrected chi connectivity index (χ4v) is 2.99. The quantitative estimate of drug-likeness (QED) is 0.877. The number of aromatic nitrogens is 1. The number of amides is 2. The molecule has 1 aromatic heterocycles. The summed E-state index contributed by atoms with van der Waals surface area (Å²) in [5.41, 5.74) is 1.25. The van der Waals surface area contributed by atoms with Gasteiger partial charge in [0.05, 0.1) is 6.61 Å². The zero-order chi connectivity index (χ0) is 19.2. The topological polar surface area (TPSA) is 74.8 Å². The van der Waals surface area contributed by atoms with Gasteiger partial charge in [0.25, 0.3) is 5.91 Å². The fourth-order valence-electron chi connectivity index (χ4n) is 2.99. The van der Waals surface area contributed by atoms with Gasteiger partial charge in [-0.05, 0) is 43.3 Å². The zero-order valence-corrected chi connectivity index (χ0v) is 15.6. The SMILES string of the molecule is CCOc1ccc(NC(=O)c2ccnc(N3CCN(C(C)=O)CC3)c2)cc1. The predicted octanol–water partition coefficient (Wildman–Crippen LogP) is 2.40. The average molecular weight is 368 g/mol. The monoisotopic (exact) mass is 368 g/mol. The van der Waals surface area contributed by atoms with Crippen LogP contribution in [0.25, 0.3) is 0 Å². The number of hydrogen-bond acceptors (Lipinski definition) is 5. The Hall–Kier alpha value is -3.09. The second kappa shape index (κ2) is 8.53. The van der Waals surface area contributed by atoms with Gasteiger partial charge >= 0.3 is 0 Å². The smallest absolute Gasteiger partial charge is 0.255 e. The van der Waals surface area contributed by atoms with E-state index < -0.39 is 0 Å². The highest BCUT2D eigenvalue weighted by molar-refractivity contribution is 6.04. The van der Waals surface area contributed by atoms with Gasteiger partial charge in [-0.3, -0.25) is 9.59 Å². The zero-order valence-electron chi connectivity index (χ0n) is 15.6. The van der Waals surface area contributed by atoms with Crippen LogP contribution in [0.15, 0.2) is 42.6 Å². The van der Waals surface area contributed by atoms with Crippen molar-refractivity contribution in [1.29, 1.82) is 0 Å². The van der Waals surface area contributed by atoms with Gasteiger partial charge < -0.3 is 19.9 Å². The Morgan fingerprint density at radius 3 is 2.44 bits per heavy atom. The number of piperazine rings is 1. The fraction of sp³-hybridized carbons (Fsp3) is 0.350. The third kappa shape index (κ3) is 4.75. The molecule has 0 saturated carbocycles. The van der Waals surface area contributed by atoms with E-state index >= 15 is 0 Å². The molecule has 1 aromatic carbocycles. The summed E-state index contributed by atoms with van der Waals surface area (Å²) in [6.45, 7) is 6.86. The van der Waals surface area contributed by atoms with Gasteiger partial charge in [0.15, 0.2) is 0 Å². The Morgan fingerprint density at radius 2 is 1.81 bits per heavy atom. The first-order valence-electron chi connectivity index (χ1n) is 9.07. The van der Waals surface area contributed by atoms with E-state index in [0.29, 0.717) is 44.0 Å². The molecular weight excluding hydrogens is 344 g/mol. The molecule has 3 rings (SSSR count). The van der Waals surface area contributed by atoms with Crippen molar-refractivity contribution in [1.82, 2.24) is 9.88 Å². The minimum atomic E-state index is -0.190. The van der Waals surface area contributed by atoms with E-state index in [1.54, 1.807) is 25.3 Å². The van der Waals surface area contributed by atoms with Crippen molar-refractivity contribution in [2.24, 2.45) is 0 Å². The van der Waals surface area contributed by atoms with Crippen LogP contribution in [0.3, 0.4) is 0 Å². The van der Waals surface area contributed by atoms with Gasteiger partial charge in [0.2, 0.25) is 5.91 Å². The Labute approximate surface area is 158 Å². The highest BCUT2D eigenvalue weighted by atomic mass is 16.5. The molecule has 2 amide bonds. The van der Waals surface area contributed by atoms with Gasteiger partial charge in [0, 0.05) is 50.6 Å². The number of benzene rings is 1. The number of rotatable bonds is 5. The molecule has 7 heteroatoms. The van der Waals surface area contributed by atoms with E-state index in [0.717, 1.165) is 11.6 Å². The minimum absolute atomic E-state index is 0.0890. The Kier molecular flexibility index (Phi) is 5.90. The van der Waals surface area contributed by atoms with Crippen molar-refractivity contribution in [3.8, 4) is 5.75 Å². The largest absolute Gasteiger partial charge is 0.494 e. The molecule has 1 aliphatic rings. The molecule has 2 heterocycles. The molecule has 0 spiro atoms. The number of ether oxygens (including phenoxy) is 1. The van der Waals surface area contributed by atoms with E-state index in [1.165, 1.54) is 0 Å². The molecule has 0 radical (unpaired) electrons. The maximum atomic E-state index is 12.6. The van der Waals surface area contributed by atoms with Gasteiger partial charge in [-0.25, -0.2) is 4.98 Å². The third-order valence-electron chi connectivity index (χ3n) is 4.48. The summed E-state index contributed by atoms with van der Waals surface area (Å²) < 4.78 is 5.40. The summed E-state index contributed by atoms with van der Waals surface area (Å²) in [4.78, 5) is 32.3. The van der Waals surface area contributed by atoms with Crippen LogP contribution in [0, 0.1) is 0 Å². The number of nitrogens with zero attached hydrogens (tertiary/aromatic N) is 3. The van der Waals surface area contributed by atoms with E-state index in [4.69, 9.17) is 4.74 Å². The highest BCUT2D eigenvalue weighted by Crippen LogP contribution is 2.19. The van der Waals surface area contributed by atoms with Crippen LogP contribution in [0.2, 0.25) is 0 Å². The van der Waals surface area contributed by atoms with Crippen molar-refractivity contribution < 1.29 is 14.3 Å². The number of anilines is 2. The third-order valence-corrected chi connectivity index (χ3v) is 4.48. The molecule has 0 aliphatic carbocycles. The van der Waals surface area contributed by atoms with E-state index in [-0.39, 0.29) is 11.8 Å². The summed E-state index contributed by atoms with van der Waals surface area (Å²) in [6, 6.07) is 10.8. The van der Waals surface area contributed by atoms with Crippen molar-refractivity contribution in [2.75, 3.05) is 43.0 Å². The number of nitrogens with one attached hydrogen (secondary N) is 1. The Balaban J connectivity index is 1.64. The molecule has 7 nitrogen and oxygen atoms in total. The van der Waals surface area contributed by atoms with Crippen LogP contribution in [-0.2, 0) is 4.79 Å². The molecule has 1 N–H and O–H groups in total. The number of carbonyl (C=O) groups is 2. The second-order valence-electron chi connectivity index (χ2n) is 6.31. The summed E-state index contributed by atoms with van der Waals surface area (Å²) in [7, 11) is 0. The van der Waals surface area contributed by atoms with E-state index in [1.807, 2.05) is 36.1 Å². The van der Waals surface area contributed by atoms with Crippen LogP contribution in [0.1, 0.15) is 24.2 Å². The molecule has 1 aliphatic heterocycles. The minimum Gasteiger partial charge on any atom is -0.494 e.